The third kappa shape index (κ3) is 4.12. The van der Waals surface area contributed by atoms with E-state index in [1.54, 1.807) is 6.20 Å². The summed E-state index contributed by atoms with van der Waals surface area (Å²) >= 11 is 0. The minimum atomic E-state index is 0.706. The summed E-state index contributed by atoms with van der Waals surface area (Å²) in [6, 6.07) is 11.8. The quantitative estimate of drug-likeness (QED) is 0.791. The van der Waals surface area contributed by atoms with E-state index in [4.69, 9.17) is 10.5 Å². The van der Waals surface area contributed by atoms with Crippen LogP contribution >= 0.6 is 0 Å². The summed E-state index contributed by atoms with van der Waals surface area (Å²) in [5, 5.41) is 0. The Kier molecular flexibility index (Phi) is 5.43. The van der Waals surface area contributed by atoms with Gasteiger partial charge in [-0.2, -0.15) is 0 Å². The number of nitrogens with zero attached hydrogens (tertiary/aromatic N) is 2. The van der Waals surface area contributed by atoms with Crippen LogP contribution in [0.15, 0.2) is 42.6 Å². The van der Waals surface area contributed by atoms with Crippen molar-refractivity contribution < 1.29 is 4.74 Å². The molecular formula is C17H23N3O. The summed E-state index contributed by atoms with van der Waals surface area (Å²) in [6.07, 6.45) is 2.79. The lowest BCUT2D eigenvalue weighted by Crippen LogP contribution is -2.23. The average Bonchev–Trinajstić information content (AvgIpc) is 2.53. The molecule has 0 spiro atoms. The molecule has 0 atom stereocenters. The molecule has 4 heteroatoms. The topological polar surface area (TPSA) is 51.4 Å². The molecule has 2 N–H and O–H groups in total. The normalized spacial score (nSPS) is 10.4. The smallest absolute Gasteiger partial charge is 0.171 e. The Balaban J connectivity index is 2.18. The number of benzene rings is 1. The second-order valence-corrected chi connectivity index (χ2v) is 4.93. The summed E-state index contributed by atoms with van der Waals surface area (Å²) in [4.78, 5) is 6.70. The molecule has 4 nitrogen and oxygen atoms in total. The van der Waals surface area contributed by atoms with Gasteiger partial charge in [-0.15, -0.1) is 0 Å². The van der Waals surface area contributed by atoms with E-state index in [0.29, 0.717) is 6.61 Å². The molecule has 2 aromatic rings. The van der Waals surface area contributed by atoms with E-state index >= 15 is 0 Å². The molecule has 0 fully saturated rings. The minimum Gasteiger partial charge on any atom is -0.490 e. The largest absolute Gasteiger partial charge is 0.490 e. The molecule has 2 rings (SSSR count). The van der Waals surface area contributed by atoms with Crippen LogP contribution in [-0.4, -0.2) is 18.1 Å². The van der Waals surface area contributed by atoms with Crippen molar-refractivity contribution in [2.45, 2.75) is 26.8 Å². The molecule has 112 valence electrons. The van der Waals surface area contributed by atoms with Crippen LogP contribution in [0.25, 0.3) is 0 Å². The van der Waals surface area contributed by atoms with Gasteiger partial charge in [-0.25, -0.2) is 4.98 Å². The highest BCUT2D eigenvalue weighted by Gasteiger charge is 2.12. The summed E-state index contributed by atoms with van der Waals surface area (Å²) in [6.45, 7) is 6.58. The van der Waals surface area contributed by atoms with Crippen molar-refractivity contribution >= 4 is 11.5 Å². The molecule has 0 radical (unpaired) electrons. The lowest BCUT2D eigenvalue weighted by atomic mass is 10.2. The maximum absolute atomic E-state index is 5.80. The predicted octanol–water partition coefficient (Wildman–Crippen LogP) is 3.48. The summed E-state index contributed by atoms with van der Waals surface area (Å²) in [7, 11) is 0. The molecular weight excluding hydrogens is 262 g/mol. The lowest BCUT2D eigenvalue weighted by Gasteiger charge is -2.24. The maximum Gasteiger partial charge on any atom is 0.171 e. The Morgan fingerprint density at radius 3 is 2.57 bits per heavy atom. The molecule has 0 amide bonds. The van der Waals surface area contributed by atoms with Gasteiger partial charge >= 0.3 is 0 Å². The lowest BCUT2D eigenvalue weighted by molar-refractivity contribution is 0.316. The van der Waals surface area contributed by atoms with Gasteiger partial charge in [0.05, 0.1) is 6.61 Å². The van der Waals surface area contributed by atoms with E-state index in [0.717, 1.165) is 36.8 Å². The molecule has 0 aliphatic heterocycles. The molecule has 0 aliphatic rings. The Morgan fingerprint density at radius 1 is 1.14 bits per heavy atom. The van der Waals surface area contributed by atoms with Crippen LogP contribution in [0.1, 0.15) is 25.8 Å². The van der Waals surface area contributed by atoms with Crippen molar-refractivity contribution in [3.05, 3.63) is 48.2 Å². The highest BCUT2D eigenvalue weighted by molar-refractivity contribution is 5.52. The van der Waals surface area contributed by atoms with Crippen LogP contribution in [0.5, 0.6) is 5.75 Å². The van der Waals surface area contributed by atoms with Gasteiger partial charge < -0.3 is 15.4 Å². The van der Waals surface area contributed by atoms with Gasteiger partial charge in [-0.1, -0.05) is 19.1 Å². The van der Waals surface area contributed by atoms with Crippen molar-refractivity contribution in [1.82, 2.24) is 4.98 Å². The third-order valence-corrected chi connectivity index (χ3v) is 3.25. The zero-order valence-electron chi connectivity index (χ0n) is 12.7. The van der Waals surface area contributed by atoms with Gasteiger partial charge in [0.1, 0.15) is 0 Å². The highest BCUT2D eigenvalue weighted by Crippen LogP contribution is 2.26. The molecule has 1 heterocycles. The monoisotopic (exact) mass is 285 g/mol. The fourth-order valence-electron chi connectivity index (χ4n) is 2.12. The molecule has 1 aromatic heterocycles. The predicted molar refractivity (Wildman–Crippen MR) is 87.6 cm³/mol. The molecule has 0 aliphatic carbocycles. The number of ether oxygens (including phenoxy) is 1. The minimum absolute atomic E-state index is 0.706. The molecule has 0 unspecified atom stereocenters. The van der Waals surface area contributed by atoms with Crippen molar-refractivity contribution in [3.63, 3.8) is 0 Å². The first-order chi connectivity index (χ1) is 10.2. The molecule has 0 saturated carbocycles. The highest BCUT2D eigenvalue weighted by atomic mass is 16.5. The number of rotatable bonds is 7. The first kappa shape index (κ1) is 15.2. The van der Waals surface area contributed by atoms with Gasteiger partial charge in [0.2, 0.25) is 0 Å². The van der Waals surface area contributed by atoms with Gasteiger partial charge in [-0.3, -0.25) is 0 Å². The van der Waals surface area contributed by atoms with Crippen LogP contribution in [0.3, 0.4) is 0 Å². The number of anilines is 2. The van der Waals surface area contributed by atoms with E-state index < -0.39 is 0 Å². The number of nitrogen functional groups attached to an aromatic ring is 1. The second-order valence-electron chi connectivity index (χ2n) is 4.93. The summed E-state index contributed by atoms with van der Waals surface area (Å²) < 4.78 is 5.80. The van der Waals surface area contributed by atoms with Crippen molar-refractivity contribution in [3.8, 4) is 5.75 Å². The van der Waals surface area contributed by atoms with E-state index in [1.807, 2.05) is 36.4 Å². The first-order valence-corrected chi connectivity index (χ1v) is 7.41. The summed E-state index contributed by atoms with van der Waals surface area (Å²) in [5.74, 6) is 1.74. The fourth-order valence-corrected chi connectivity index (χ4v) is 2.12. The van der Waals surface area contributed by atoms with Gasteiger partial charge in [0.15, 0.2) is 11.6 Å². The number of aromatic nitrogens is 1. The van der Waals surface area contributed by atoms with Gasteiger partial charge in [0.25, 0.3) is 0 Å². The number of pyridine rings is 1. The van der Waals surface area contributed by atoms with Crippen LogP contribution < -0.4 is 15.4 Å². The third-order valence-electron chi connectivity index (χ3n) is 3.25. The Bertz CT molecular complexity index is 554. The van der Waals surface area contributed by atoms with Gasteiger partial charge in [-0.05, 0) is 43.2 Å². The van der Waals surface area contributed by atoms with E-state index in [2.05, 4.69) is 23.7 Å². The second kappa shape index (κ2) is 7.53. The number of hydrogen-bond acceptors (Lipinski definition) is 4. The standard InChI is InChI=1S/C17H23N3O/c1-3-12-21-16-6-5-11-19-17(16)20(4-2)13-14-7-9-15(18)10-8-14/h5-11H,3-4,12-13,18H2,1-2H3. The molecule has 0 saturated heterocycles. The van der Waals surface area contributed by atoms with Crippen molar-refractivity contribution in [2.24, 2.45) is 0 Å². The Morgan fingerprint density at radius 2 is 1.90 bits per heavy atom. The van der Waals surface area contributed by atoms with Crippen LogP contribution in [-0.2, 0) is 6.54 Å². The van der Waals surface area contributed by atoms with E-state index in [1.165, 1.54) is 5.56 Å². The van der Waals surface area contributed by atoms with Crippen molar-refractivity contribution in [1.29, 1.82) is 0 Å². The van der Waals surface area contributed by atoms with Crippen LogP contribution in [0, 0.1) is 0 Å². The zero-order valence-corrected chi connectivity index (χ0v) is 12.7. The molecule has 21 heavy (non-hydrogen) atoms. The van der Waals surface area contributed by atoms with Crippen LogP contribution in [0.2, 0.25) is 0 Å². The van der Waals surface area contributed by atoms with E-state index in [9.17, 15) is 0 Å². The SMILES string of the molecule is CCCOc1cccnc1N(CC)Cc1ccc(N)cc1. The Hall–Kier alpha value is -2.23. The number of hydrogen-bond donors (Lipinski definition) is 1. The average molecular weight is 285 g/mol. The summed E-state index contributed by atoms with van der Waals surface area (Å²) in [5.41, 5.74) is 7.72. The van der Waals surface area contributed by atoms with Gasteiger partial charge in [0, 0.05) is 25.0 Å². The fraction of sp³-hybridized carbons (Fsp3) is 0.353. The zero-order chi connectivity index (χ0) is 15.1. The van der Waals surface area contributed by atoms with E-state index in [-0.39, 0.29) is 0 Å². The number of nitrogens with two attached hydrogens (primary N) is 1. The van der Waals surface area contributed by atoms with Crippen molar-refractivity contribution in [2.75, 3.05) is 23.8 Å². The Labute approximate surface area is 126 Å². The maximum atomic E-state index is 5.80. The first-order valence-electron chi connectivity index (χ1n) is 7.41. The van der Waals surface area contributed by atoms with Crippen LogP contribution in [0.4, 0.5) is 11.5 Å². The molecule has 1 aromatic carbocycles. The molecule has 0 bridgehead atoms.